The van der Waals surface area contributed by atoms with Gasteiger partial charge in [-0.25, -0.2) is 0 Å². The first-order valence-corrected chi connectivity index (χ1v) is 12.5. The highest BCUT2D eigenvalue weighted by molar-refractivity contribution is 6.23. The topological polar surface area (TPSA) is 78.4 Å². The van der Waals surface area contributed by atoms with Gasteiger partial charge in [-0.1, -0.05) is 73.9 Å². The minimum atomic E-state index is -0.885. The third-order valence-corrected chi connectivity index (χ3v) is 7.25. The largest absolute Gasteiger partial charge is 0.394 e. The predicted molar refractivity (Wildman–Crippen MR) is 137 cm³/mol. The molecule has 0 spiro atoms. The summed E-state index contributed by atoms with van der Waals surface area (Å²) in [6, 6.07) is 18.7. The Morgan fingerprint density at radius 1 is 0.882 bits per heavy atom. The van der Waals surface area contributed by atoms with Crippen LogP contribution >= 0.6 is 0 Å². The van der Waals surface area contributed by atoms with E-state index in [1.807, 2.05) is 0 Å². The zero-order chi connectivity index (χ0) is 23.5. The second-order valence-electron chi connectivity index (χ2n) is 9.58. The molecule has 0 radical (unpaired) electrons. The number of aliphatic hydroxyl groups is 1. The molecule has 0 bridgehead atoms. The van der Waals surface area contributed by atoms with Crippen molar-refractivity contribution in [1.29, 1.82) is 0 Å². The summed E-state index contributed by atoms with van der Waals surface area (Å²) in [4.78, 5) is 25.0. The number of hydrogen-bond donors (Lipinski definition) is 3. The summed E-state index contributed by atoms with van der Waals surface area (Å²) >= 11 is 0. The molecule has 0 heterocycles. The van der Waals surface area contributed by atoms with Crippen molar-refractivity contribution in [3.05, 3.63) is 60.2 Å². The van der Waals surface area contributed by atoms with Crippen molar-refractivity contribution in [2.24, 2.45) is 0 Å². The first-order chi connectivity index (χ1) is 16.6. The molecule has 1 fully saturated rings. The van der Waals surface area contributed by atoms with Crippen LogP contribution < -0.4 is 10.6 Å². The van der Waals surface area contributed by atoms with Gasteiger partial charge in [-0.3, -0.25) is 9.59 Å². The summed E-state index contributed by atoms with van der Waals surface area (Å²) in [5.41, 5.74) is 1.23. The molecule has 0 aromatic heterocycles. The van der Waals surface area contributed by atoms with E-state index in [9.17, 15) is 14.7 Å². The lowest BCUT2D eigenvalue weighted by Crippen LogP contribution is -2.51. The fourth-order valence-electron chi connectivity index (χ4n) is 5.46. The van der Waals surface area contributed by atoms with E-state index < -0.39 is 6.04 Å². The number of nitrogens with one attached hydrogen (secondary N) is 2. The van der Waals surface area contributed by atoms with Gasteiger partial charge in [0.1, 0.15) is 6.04 Å². The molecule has 5 nitrogen and oxygen atoms in total. The molecule has 5 rings (SSSR count). The molecule has 0 unspecified atom stereocenters. The second kappa shape index (κ2) is 9.98. The van der Waals surface area contributed by atoms with Crippen molar-refractivity contribution >= 4 is 44.1 Å². The number of hydrogen-bond acceptors (Lipinski definition) is 3. The molecule has 34 heavy (non-hydrogen) atoms. The minimum Gasteiger partial charge on any atom is -0.394 e. The maximum Gasteiger partial charge on any atom is 0.245 e. The van der Waals surface area contributed by atoms with E-state index in [1.54, 1.807) is 0 Å². The standard InChI is InChI=1S/C29H32N2O3/c32-18-25(29(34)30-23-9-2-1-3-10-23)31-26(33)11-5-6-19-12-13-22-15-14-20-7-4-8-21-16-17-24(19)28(22)27(20)21/h4,7-8,12-17,23,25,32H,1-3,5-6,9-11,18H2,(H,30,34)(H,31,33)/t25-/m0/s1. The number of carbonyl (C=O) groups excluding carboxylic acids is 2. The van der Waals surface area contributed by atoms with Crippen molar-refractivity contribution in [3.63, 3.8) is 0 Å². The minimum absolute atomic E-state index is 0.154. The van der Waals surface area contributed by atoms with E-state index in [2.05, 4.69) is 65.2 Å². The van der Waals surface area contributed by atoms with Crippen LogP contribution in [0.15, 0.2) is 54.6 Å². The Bertz CT molecular complexity index is 1290. The number of amides is 2. The van der Waals surface area contributed by atoms with E-state index >= 15 is 0 Å². The summed E-state index contributed by atoms with van der Waals surface area (Å²) in [6.45, 7) is -0.390. The molecule has 1 saturated carbocycles. The molecule has 4 aromatic rings. The van der Waals surface area contributed by atoms with Crippen LogP contribution in [0.2, 0.25) is 0 Å². The molecule has 2 amide bonds. The van der Waals surface area contributed by atoms with Crippen molar-refractivity contribution in [2.75, 3.05) is 6.61 Å². The number of aliphatic hydroxyl groups excluding tert-OH is 1. The molecule has 1 aliphatic carbocycles. The number of carbonyl (C=O) groups is 2. The van der Waals surface area contributed by atoms with Crippen LogP contribution in [-0.4, -0.2) is 35.6 Å². The number of rotatable bonds is 8. The van der Waals surface area contributed by atoms with Crippen LogP contribution in [0.3, 0.4) is 0 Å². The lowest BCUT2D eigenvalue weighted by molar-refractivity contribution is -0.130. The first-order valence-electron chi connectivity index (χ1n) is 12.5. The molecule has 0 saturated heterocycles. The average Bonchev–Trinajstić information content (AvgIpc) is 2.87. The van der Waals surface area contributed by atoms with Crippen molar-refractivity contribution in [2.45, 2.75) is 63.5 Å². The van der Waals surface area contributed by atoms with Gasteiger partial charge in [0.05, 0.1) is 6.61 Å². The lowest BCUT2D eigenvalue weighted by Gasteiger charge is -2.25. The molecule has 3 N–H and O–H groups in total. The molecule has 5 heteroatoms. The Morgan fingerprint density at radius 3 is 2.29 bits per heavy atom. The Labute approximate surface area is 199 Å². The van der Waals surface area contributed by atoms with Gasteiger partial charge in [-0.2, -0.15) is 0 Å². The summed E-state index contributed by atoms with van der Waals surface area (Å²) < 4.78 is 0. The SMILES string of the molecule is O=C(CCCc1ccc2ccc3cccc4ccc1c2c34)N[C@@H](CO)C(=O)NC1CCCCC1. The van der Waals surface area contributed by atoms with Gasteiger partial charge >= 0.3 is 0 Å². The number of benzene rings is 4. The van der Waals surface area contributed by atoms with Crippen LogP contribution in [0.25, 0.3) is 32.3 Å². The Morgan fingerprint density at radius 2 is 1.56 bits per heavy atom. The van der Waals surface area contributed by atoms with E-state index in [1.165, 1.54) is 44.3 Å². The summed E-state index contributed by atoms with van der Waals surface area (Å²) in [6.07, 6.45) is 7.15. The predicted octanol–water partition coefficient (Wildman–Crippen LogP) is 4.83. The van der Waals surface area contributed by atoms with E-state index in [-0.39, 0.29) is 24.5 Å². The van der Waals surface area contributed by atoms with Crippen molar-refractivity contribution in [3.8, 4) is 0 Å². The van der Waals surface area contributed by atoms with Gasteiger partial charge in [0.15, 0.2) is 0 Å². The zero-order valence-corrected chi connectivity index (χ0v) is 19.5. The Kier molecular flexibility index (Phi) is 6.63. The maximum atomic E-state index is 12.5. The smallest absolute Gasteiger partial charge is 0.245 e. The highest BCUT2D eigenvalue weighted by Gasteiger charge is 2.23. The van der Waals surface area contributed by atoms with Gasteiger partial charge in [-0.05, 0) is 63.6 Å². The van der Waals surface area contributed by atoms with Gasteiger partial charge in [0.25, 0.3) is 0 Å². The van der Waals surface area contributed by atoms with Crippen LogP contribution in [0.4, 0.5) is 0 Å². The van der Waals surface area contributed by atoms with Crippen LogP contribution in [0.1, 0.15) is 50.5 Å². The second-order valence-corrected chi connectivity index (χ2v) is 9.58. The average molecular weight is 457 g/mol. The van der Waals surface area contributed by atoms with Crippen LogP contribution in [0, 0.1) is 0 Å². The number of aryl methyl sites for hydroxylation is 1. The highest BCUT2D eigenvalue weighted by Crippen LogP contribution is 2.36. The van der Waals surface area contributed by atoms with E-state index in [4.69, 9.17) is 0 Å². The van der Waals surface area contributed by atoms with E-state index in [0.717, 1.165) is 32.1 Å². The molecule has 0 aliphatic heterocycles. The van der Waals surface area contributed by atoms with E-state index in [0.29, 0.717) is 12.8 Å². The van der Waals surface area contributed by atoms with Crippen LogP contribution in [0.5, 0.6) is 0 Å². The summed E-state index contributed by atoms with van der Waals surface area (Å²) in [7, 11) is 0. The molecule has 176 valence electrons. The fraction of sp³-hybridized carbons (Fsp3) is 0.379. The summed E-state index contributed by atoms with van der Waals surface area (Å²) in [5, 5.41) is 22.9. The quantitative estimate of drug-likeness (QED) is 0.332. The van der Waals surface area contributed by atoms with Gasteiger partial charge in [0, 0.05) is 12.5 Å². The van der Waals surface area contributed by atoms with Crippen molar-refractivity contribution in [1.82, 2.24) is 10.6 Å². The molecule has 1 aliphatic rings. The normalized spacial score (nSPS) is 15.7. The van der Waals surface area contributed by atoms with Gasteiger partial charge < -0.3 is 15.7 Å². The maximum absolute atomic E-state index is 12.5. The highest BCUT2D eigenvalue weighted by atomic mass is 16.3. The fourth-order valence-corrected chi connectivity index (χ4v) is 5.46. The third-order valence-electron chi connectivity index (χ3n) is 7.25. The Hall–Kier alpha value is -3.18. The van der Waals surface area contributed by atoms with Crippen LogP contribution in [-0.2, 0) is 16.0 Å². The van der Waals surface area contributed by atoms with Gasteiger partial charge in [-0.15, -0.1) is 0 Å². The zero-order valence-electron chi connectivity index (χ0n) is 19.5. The first kappa shape index (κ1) is 22.6. The molecule has 4 aromatic carbocycles. The molecule has 1 atom stereocenters. The Balaban J connectivity index is 1.22. The lowest BCUT2D eigenvalue weighted by atomic mass is 9.90. The van der Waals surface area contributed by atoms with Gasteiger partial charge in [0.2, 0.25) is 11.8 Å². The molecular weight excluding hydrogens is 424 g/mol. The third kappa shape index (κ3) is 4.58. The summed E-state index contributed by atoms with van der Waals surface area (Å²) in [5.74, 6) is -0.481. The van der Waals surface area contributed by atoms with Crippen molar-refractivity contribution < 1.29 is 14.7 Å². The molecular formula is C29H32N2O3. The monoisotopic (exact) mass is 456 g/mol.